The Balaban J connectivity index is 2.76. The van der Waals surface area contributed by atoms with Crippen LogP contribution < -0.4 is 5.73 Å². The van der Waals surface area contributed by atoms with Crippen molar-refractivity contribution in [1.82, 2.24) is 4.90 Å². The number of benzene rings is 1. The van der Waals surface area contributed by atoms with Crippen molar-refractivity contribution in [2.24, 2.45) is 0 Å². The Morgan fingerprint density at radius 3 is 2.69 bits per heavy atom. The van der Waals surface area contributed by atoms with E-state index in [9.17, 15) is 0 Å². The molecule has 0 unspecified atom stereocenters. The minimum absolute atomic E-state index is 0.185. The molecule has 16 heavy (non-hydrogen) atoms. The highest BCUT2D eigenvalue weighted by Crippen LogP contribution is 2.24. The van der Waals surface area contributed by atoms with Crippen LogP contribution in [0.15, 0.2) is 22.7 Å². The zero-order valence-electron chi connectivity index (χ0n) is 9.62. The fraction of sp³-hybridized carbons (Fsp3) is 0.500. The van der Waals surface area contributed by atoms with Crippen molar-refractivity contribution in [3.05, 3.63) is 28.2 Å². The zero-order valence-corrected chi connectivity index (χ0v) is 11.2. The minimum Gasteiger partial charge on any atom is -0.398 e. The van der Waals surface area contributed by atoms with Gasteiger partial charge in [-0.2, -0.15) is 0 Å². The normalized spacial score (nSPS) is 11.0. The number of nitrogens with two attached hydrogens (primary N) is 1. The number of rotatable bonds is 6. The zero-order chi connectivity index (χ0) is 12.0. The third kappa shape index (κ3) is 3.77. The second-order valence-corrected chi connectivity index (χ2v) is 4.66. The van der Waals surface area contributed by atoms with Crippen LogP contribution in [-0.4, -0.2) is 29.7 Å². The molecule has 1 aromatic carbocycles. The Bertz CT molecular complexity index is 305. The fourth-order valence-electron chi connectivity index (χ4n) is 1.69. The van der Waals surface area contributed by atoms with Crippen LogP contribution in [0.1, 0.15) is 18.9 Å². The summed E-state index contributed by atoms with van der Waals surface area (Å²) >= 11 is 3.51. The molecular formula is C12H19BrN2O. The maximum absolute atomic E-state index is 9.00. The molecule has 0 aromatic heterocycles. The second-order valence-electron chi connectivity index (χ2n) is 3.81. The molecule has 90 valence electrons. The summed E-state index contributed by atoms with van der Waals surface area (Å²) in [6, 6.07) is 5.83. The number of halogens is 1. The molecule has 0 aliphatic carbocycles. The molecule has 3 N–H and O–H groups in total. The van der Waals surface area contributed by atoms with Crippen LogP contribution in [0.5, 0.6) is 0 Å². The van der Waals surface area contributed by atoms with Crippen LogP contribution in [-0.2, 0) is 6.54 Å². The van der Waals surface area contributed by atoms with E-state index in [-0.39, 0.29) is 6.61 Å². The molecule has 0 radical (unpaired) electrons. The van der Waals surface area contributed by atoms with E-state index in [1.807, 2.05) is 18.2 Å². The maximum atomic E-state index is 9.00. The van der Waals surface area contributed by atoms with Crippen molar-refractivity contribution in [2.45, 2.75) is 19.9 Å². The number of hydrogen-bond donors (Lipinski definition) is 2. The first-order valence-electron chi connectivity index (χ1n) is 5.55. The lowest BCUT2D eigenvalue weighted by Gasteiger charge is -2.22. The van der Waals surface area contributed by atoms with Crippen LogP contribution in [0.4, 0.5) is 5.69 Å². The molecule has 4 heteroatoms. The number of aliphatic hydroxyl groups excluding tert-OH is 1. The van der Waals surface area contributed by atoms with E-state index < -0.39 is 0 Å². The van der Waals surface area contributed by atoms with E-state index in [1.54, 1.807) is 0 Å². The molecule has 1 aromatic rings. The Morgan fingerprint density at radius 2 is 2.12 bits per heavy atom. The Labute approximate surface area is 105 Å². The summed E-state index contributed by atoms with van der Waals surface area (Å²) in [5.74, 6) is 0. The van der Waals surface area contributed by atoms with Gasteiger partial charge in [-0.05, 0) is 25.1 Å². The van der Waals surface area contributed by atoms with E-state index in [2.05, 4.69) is 27.8 Å². The largest absolute Gasteiger partial charge is 0.398 e. The van der Waals surface area contributed by atoms with Gasteiger partial charge in [0, 0.05) is 28.8 Å². The average molecular weight is 287 g/mol. The summed E-state index contributed by atoms with van der Waals surface area (Å²) in [4.78, 5) is 2.20. The molecule has 0 aliphatic rings. The van der Waals surface area contributed by atoms with Gasteiger partial charge < -0.3 is 10.8 Å². The standard InChI is InChI=1S/C12H19BrN2O/c1-2-6-15(7-8-16)9-10-11(13)4-3-5-12(10)14/h3-5,16H,2,6-9,14H2,1H3. The number of anilines is 1. The molecule has 0 bridgehead atoms. The van der Waals surface area contributed by atoms with Crippen LogP contribution in [0, 0.1) is 0 Å². The Morgan fingerprint density at radius 1 is 1.38 bits per heavy atom. The molecular weight excluding hydrogens is 268 g/mol. The molecule has 3 nitrogen and oxygen atoms in total. The molecule has 0 heterocycles. The molecule has 0 aliphatic heterocycles. The summed E-state index contributed by atoms with van der Waals surface area (Å²) < 4.78 is 1.03. The van der Waals surface area contributed by atoms with Gasteiger partial charge in [-0.25, -0.2) is 0 Å². The van der Waals surface area contributed by atoms with E-state index >= 15 is 0 Å². The van der Waals surface area contributed by atoms with Gasteiger partial charge in [0.2, 0.25) is 0 Å². The third-order valence-electron chi connectivity index (χ3n) is 2.49. The highest BCUT2D eigenvalue weighted by Gasteiger charge is 2.09. The van der Waals surface area contributed by atoms with E-state index in [1.165, 1.54) is 0 Å². The lowest BCUT2D eigenvalue weighted by molar-refractivity contribution is 0.190. The molecule has 0 spiro atoms. The van der Waals surface area contributed by atoms with Crippen LogP contribution in [0.25, 0.3) is 0 Å². The van der Waals surface area contributed by atoms with Gasteiger partial charge in [-0.3, -0.25) is 4.90 Å². The lowest BCUT2D eigenvalue weighted by atomic mass is 10.1. The monoisotopic (exact) mass is 286 g/mol. The summed E-state index contributed by atoms with van der Waals surface area (Å²) in [7, 11) is 0. The summed E-state index contributed by atoms with van der Waals surface area (Å²) in [5.41, 5.74) is 7.84. The molecule has 0 saturated carbocycles. The van der Waals surface area contributed by atoms with Gasteiger partial charge in [0.05, 0.1) is 6.61 Å². The summed E-state index contributed by atoms with van der Waals surface area (Å²) in [6.07, 6.45) is 1.07. The minimum atomic E-state index is 0.185. The van der Waals surface area contributed by atoms with Crippen LogP contribution in [0.2, 0.25) is 0 Å². The predicted molar refractivity (Wildman–Crippen MR) is 71.2 cm³/mol. The smallest absolute Gasteiger partial charge is 0.0558 e. The number of hydrogen-bond acceptors (Lipinski definition) is 3. The van der Waals surface area contributed by atoms with Gasteiger partial charge in [0.15, 0.2) is 0 Å². The van der Waals surface area contributed by atoms with Crippen molar-refractivity contribution in [2.75, 3.05) is 25.4 Å². The molecule has 0 atom stereocenters. The van der Waals surface area contributed by atoms with Gasteiger partial charge >= 0.3 is 0 Å². The van der Waals surface area contributed by atoms with E-state index in [0.29, 0.717) is 6.54 Å². The van der Waals surface area contributed by atoms with Crippen molar-refractivity contribution < 1.29 is 5.11 Å². The molecule has 0 saturated heterocycles. The predicted octanol–water partition coefficient (Wildman–Crippen LogP) is 2.24. The molecule has 1 rings (SSSR count). The van der Waals surface area contributed by atoms with Crippen LogP contribution >= 0.6 is 15.9 Å². The SMILES string of the molecule is CCCN(CCO)Cc1c(N)cccc1Br. The Kier molecular flexibility index (Phi) is 5.80. The average Bonchev–Trinajstić information content (AvgIpc) is 2.24. The topological polar surface area (TPSA) is 49.5 Å². The van der Waals surface area contributed by atoms with E-state index in [0.717, 1.165) is 35.2 Å². The summed E-state index contributed by atoms with van der Waals surface area (Å²) in [5, 5.41) is 9.00. The first-order chi connectivity index (χ1) is 7.69. The lowest BCUT2D eigenvalue weighted by Crippen LogP contribution is -2.27. The van der Waals surface area contributed by atoms with Crippen molar-refractivity contribution >= 4 is 21.6 Å². The van der Waals surface area contributed by atoms with Crippen LogP contribution in [0.3, 0.4) is 0 Å². The first-order valence-corrected chi connectivity index (χ1v) is 6.34. The summed E-state index contributed by atoms with van der Waals surface area (Å²) in [6.45, 7) is 4.76. The van der Waals surface area contributed by atoms with Gasteiger partial charge in [0.1, 0.15) is 0 Å². The molecule has 0 fully saturated rings. The molecule has 0 amide bonds. The Hall–Kier alpha value is -0.580. The quantitative estimate of drug-likeness (QED) is 0.789. The van der Waals surface area contributed by atoms with E-state index in [4.69, 9.17) is 10.8 Å². The second kappa shape index (κ2) is 6.89. The third-order valence-corrected chi connectivity index (χ3v) is 3.24. The van der Waals surface area contributed by atoms with Gasteiger partial charge in [-0.15, -0.1) is 0 Å². The van der Waals surface area contributed by atoms with Gasteiger partial charge in [-0.1, -0.05) is 28.9 Å². The number of nitrogen functional groups attached to an aromatic ring is 1. The number of aliphatic hydroxyl groups is 1. The van der Waals surface area contributed by atoms with Crippen molar-refractivity contribution in [1.29, 1.82) is 0 Å². The number of nitrogens with zero attached hydrogens (tertiary/aromatic N) is 1. The van der Waals surface area contributed by atoms with Crippen molar-refractivity contribution in [3.8, 4) is 0 Å². The first kappa shape index (κ1) is 13.5. The van der Waals surface area contributed by atoms with Gasteiger partial charge in [0.25, 0.3) is 0 Å². The highest BCUT2D eigenvalue weighted by molar-refractivity contribution is 9.10. The highest BCUT2D eigenvalue weighted by atomic mass is 79.9. The fourth-order valence-corrected chi connectivity index (χ4v) is 2.20. The van der Waals surface area contributed by atoms with Crippen molar-refractivity contribution in [3.63, 3.8) is 0 Å². The maximum Gasteiger partial charge on any atom is 0.0558 e.